The lowest BCUT2D eigenvalue weighted by Crippen LogP contribution is -2.02. The molecule has 3 nitrogen and oxygen atoms in total. The Hall–Kier alpha value is -0.650. The van der Waals surface area contributed by atoms with Crippen molar-refractivity contribution in [2.24, 2.45) is 0 Å². The van der Waals surface area contributed by atoms with Gasteiger partial charge >= 0.3 is 0 Å². The first kappa shape index (κ1) is 9.89. The van der Waals surface area contributed by atoms with Crippen LogP contribution in [0.15, 0.2) is 5.16 Å². The zero-order valence-corrected chi connectivity index (χ0v) is 8.60. The molecule has 1 aliphatic rings. The van der Waals surface area contributed by atoms with E-state index in [9.17, 15) is 8.78 Å². The van der Waals surface area contributed by atoms with Crippen molar-refractivity contribution in [2.75, 3.05) is 0 Å². The molecule has 1 saturated carbocycles. The summed E-state index contributed by atoms with van der Waals surface area (Å²) in [7, 11) is 0. The van der Waals surface area contributed by atoms with Gasteiger partial charge in [-0.05, 0) is 31.5 Å². The average molecular weight is 219 g/mol. The van der Waals surface area contributed by atoms with Crippen LogP contribution in [0.25, 0.3) is 0 Å². The van der Waals surface area contributed by atoms with E-state index in [2.05, 4.69) is 10.2 Å². The third-order valence-electron chi connectivity index (χ3n) is 2.20. The fraction of sp³-hybridized carbons (Fsp3) is 0.750. The average Bonchev–Trinajstić information content (AvgIpc) is 2.88. The fourth-order valence-electron chi connectivity index (χ4n) is 1.41. The maximum absolute atomic E-state index is 12.1. The van der Waals surface area contributed by atoms with E-state index >= 15 is 0 Å². The van der Waals surface area contributed by atoms with E-state index in [1.165, 1.54) is 0 Å². The summed E-state index contributed by atoms with van der Waals surface area (Å²) in [6.07, 6.45) is 2.22. The topological polar surface area (TPSA) is 30.7 Å². The van der Waals surface area contributed by atoms with Crippen LogP contribution in [0.4, 0.5) is 8.78 Å². The molecule has 0 unspecified atom stereocenters. The highest BCUT2D eigenvalue weighted by Gasteiger charge is 2.30. The van der Waals surface area contributed by atoms with Gasteiger partial charge in [-0.1, -0.05) is 0 Å². The molecule has 0 aromatic carbocycles. The van der Waals surface area contributed by atoms with Gasteiger partial charge in [0.2, 0.25) is 0 Å². The van der Waals surface area contributed by atoms with Gasteiger partial charge in [0.1, 0.15) is 5.82 Å². The predicted octanol–water partition coefficient (Wildman–Crippen LogP) is 2.49. The number of halogens is 2. The van der Waals surface area contributed by atoms with Gasteiger partial charge in [0, 0.05) is 12.5 Å². The molecule has 1 aromatic heterocycles. The van der Waals surface area contributed by atoms with Crippen molar-refractivity contribution in [3.05, 3.63) is 5.82 Å². The number of alkyl halides is 2. The third kappa shape index (κ3) is 1.89. The number of hydrogen-bond donors (Lipinski definition) is 0. The highest BCUT2D eigenvalue weighted by molar-refractivity contribution is 7.99. The smallest absolute Gasteiger partial charge is 0.291 e. The largest absolute Gasteiger partial charge is 0.306 e. The maximum Gasteiger partial charge on any atom is 0.291 e. The second-order valence-electron chi connectivity index (χ2n) is 3.24. The van der Waals surface area contributed by atoms with Crippen LogP contribution in [0.5, 0.6) is 0 Å². The van der Waals surface area contributed by atoms with E-state index in [-0.39, 0.29) is 0 Å². The molecule has 0 N–H and O–H groups in total. The highest BCUT2D eigenvalue weighted by Crippen LogP contribution is 2.40. The summed E-state index contributed by atoms with van der Waals surface area (Å²) in [5, 5.41) is 8.08. The summed E-state index contributed by atoms with van der Waals surface area (Å²) in [6, 6.07) is 0. The lowest BCUT2D eigenvalue weighted by molar-refractivity contribution is 0.251. The van der Waals surface area contributed by atoms with Gasteiger partial charge in [-0.25, -0.2) is 0 Å². The van der Waals surface area contributed by atoms with Crippen LogP contribution in [0.2, 0.25) is 0 Å². The summed E-state index contributed by atoms with van der Waals surface area (Å²) < 4.78 is 26.1. The van der Waals surface area contributed by atoms with Gasteiger partial charge in [0.05, 0.1) is 0 Å². The maximum atomic E-state index is 12.1. The quantitative estimate of drug-likeness (QED) is 0.729. The summed E-state index contributed by atoms with van der Waals surface area (Å²) in [5.74, 6) is -1.10. The summed E-state index contributed by atoms with van der Waals surface area (Å²) in [5.41, 5.74) is 0. The van der Waals surface area contributed by atoms with Crippen molar-refractivity contribution in [1.29, 1.82) is 0 Å². The molecule has 0 aliphatic heterocycles. The molecule has 0 spiro atoms. The van der Waals surface area contributed by atoms with E-state index in [0.717, 1.165) is 18.7 Å². The van der Waals surface area contributed by atoms with E-state index in [4.69, 9.17) is 0 Å². The minimum absolute atomic E-state index is 0.337. The Morgan fingerprint density at radius 1 is 1.50 bits per heavy atom. The van der Waals surface area contributed by atoms with E-state index in [1.54, 1.807) is 4.57 Å². The molecule has 6 heteroatoms. The first-order valence-corrected chi connectivity index (χ1v) is 5.48. The Morgan fingerprint density at radius 2 is 2.21 bits per heavy atom. The second-order valence-corrected chi connectivity index (χ2v) is 4.20. The van der Waals surface area contributed by atoms with E-state index in [1.807, 2.05) is 6.92 Å². The Labute approximate surface area is 84.9 Å². The molecule has 1 aromatic rings. The Bertz CT molecular complexity index is 322. The van der Waals surface area contributed by atoms with Crippen LogP contribution in [-0.2, 0) is 6.54 Å². The number of nitrogens with zero attached hydrogens (tertiary/aromatic N) is 3. The van der Waals surface area contributed by atoms with Crippen LogP contribution in [0.3, 0.4) is 0 Å². The van der Waals surface area contributed by atoms with Crippen molar-refractivity contribution in [3.8, 4) is 0 Å². The molecule has 78 valence electrons. The van der Waals surface area contributed by atoms with Crippen molar-refractivity contribution in [1.82, 2.24) is 14.8 Å². The van der Waals surface area contributed by atoms with Crippen LogP contribution in [0.1, 0.15) is 31.5 Å². The fourth-order valence-corrected chi connectivity index (χ4v) is 2.00. The molecule has 14 heavy (non-hydrogen) atoms. The Balaban J connectivity index is 2.22. The second kappa shape index (κ2) is 3.84. The van der Waals surface area contributed by atoms with E-state index in [0.29, 0.717) is 29.4 Å². The summed E-state index contributed by atoms with van der Waals surface area (Å²) in [6.45, 7) is 2.58. The molecule has 0 saturated heterocycles. The normalized spacial score (nSPS) is 16.6. The van der Waals surface area contributed by atoms with Crippen molar-refractivity contribution in [3.63, 3.8) is 0 Å². The molecule has 1 aliphatic carbocycles. The minimum Gasteiger partial charge on any atom is -0.306 e. The number of thioether (sulfide) groups is 1. The van der Waals surface area contributed by atoms with Crippen LogP contribution in [-0.4, -0.2) is 20.5 Å². The molecular weight excluding hydrogens is 208 g/mol. The van der Waals surface area contributed by atoms with Gasteiger partial charge in [0.25, 0.3) is 5.76 Å². The minimum atomic E-state index is -2.42. The SMILES string of the molecule is CCn1c(SC(F)F)nnc1C1CC1. The van der Waals surface area contributed by atoms with Gasteiger partial charge in [-0.3, -0.25) is 0 Å². The molecule has 0 radical (unpaired) electrons. The number of hydrogen-bond acceptors (Lipinski definition) is 3. The van der Waals surface area contributed by atoms with E-state index < -0.39 is 5.76 Å². The Morgan fingerprint density at radius 3 is 2.71 bits per heavy atom. The standard InChI is InChI=1S/C8H11F2N3S/c1-2-13-6(5-3-4-5)11-12-8(13)14-7(9)10/h5,7H,2-4H2,1H3. The van der Waals surface area contributed by atoms with Gasteiger partial charge in [0.15, 0.2) is 5.16 Å². The first-order chi connectivity index (χ1) is 6.72. The molecular formula is C8H11F2N3S. The zero-order chi connectivity index (χ0) is 10.1. The lowest BCUT2D eigenvalue weighted by atomic mass is 10.4. The molecule has 0 amide bonds. The van der Waals surface area contributed by atoms with Gasteiger partial charge in [-0.15, -0.1) is 10.2 Å². The van der Waals surface area contributed by atoms with Crippen molar-refractivity contribution in [2.45, 2.75) is 43.1 Å². The zero-order valence-electron chi connectivity index (χ0n) is 7.78. The Kier molecular flexibility index (Phi) is 2.71. The molecule has 2 rings (SSSR count). The predicted molar refractivity (Wildman–Crippen MR) is 49.5 cm³/mol. The number of rotatable bonds is 4. The number of aromatic nitrogens is 3. The van der Waals surface area contributed by atoms with Gasteiger partial charge in [-0.2, -0.15) is 8.78 Å². The third-order valence-corrected chi connectivity index (χ3v) is 2.89. The molecule has 0 atom stereocenters. The molecule has 0 bridgehead atoms. The lowest BCUT2D eigenvalue weighted by Gasteiger charge is -2.05. The summed E-state index contributed by atoms with van der Waals surface area (Å²) >= 11 is 0.472. The highest BCUT2D eigenvalue weighted by atomic mass is 32.2. The monoisotopic (exact) mass is 219 g/mol. The first-order valence-electron chi connectivity index (χ1n) is 4.60. The van der Waals surface area contributed by atoms with Crippen molar-refractivity contribution >= 4 is 11.8 Å². The van der Waals surface area contributed by atoms with Crippen LogP contribution >= 0.6 is 11.8 Å². The van der Waals surface area contributed by atoms with Crippen LogP contribution < -0.4 is 0 Å². The molecule has 1 fully saturated rings. The summed E-state index contributed by atoms with van der Waals surface area (Å²) in [4.78, 5) is 0. The van der Waals surface area contributed by atoms with Gasteiger partial charge < -0.3 is 4.57 Å². The van der Waals surface area contributed by atoms with Crippen molar-refractivity contribution < 1.29 is 8.78 Å². The molecule has 1 heterocycles. The van der Waals surface area contributed by atoms with Crippen LogP contribution in [0, 0.1) is 0 Å².